The molecule has 2 aromatic carbocycles. The Morgan fingerprint density at radius 3 is 2.21 bits per heavy atom. The largest absolute Gasteiger partial charge is 0.338 e. The van der Waals surface area contributed by atoms with Crippen LogP contribution in [0.15, 0.2) is 67.3 Å². The first-order valence-electron chi connectivity index (χ1n) is 9.43. The summed E-state index contributed by atoms with van der Waals surface area (Å²) < 4.78 is 1.72. The van der Waals surface area contributed by atoms with Crippen LogP contribution in [0.3, 0.4) is 0 Å². The number of carbonyl (C=O) groups excluding carboxylic acids is 1. The molecule has 0 spiro atoms. The summed E-state index contributed by atoms with van der Waals surface area (Å²) in [5, 5.41) is 4.14. The maximum atomic E-state index is 12.8. The van der Waals surface area contributed by atoms with E-state index in [1.54, 1.807) is 11.0 Å². The molecule has 1 aromatic heterocycles. The quantitative estimate of drug-likeness (QED) is 0.633. The molecule has 0 fully saturated rings. The van der Waals surface area contributed by atoms with Gasteiger partial charge in [-0.25, -0.2) is 9.67 Å². The van der Waals surface area contributed by atoms with Crippen molar-refractivity contribution in [3.05, 3.63) is 78.4 Å². The van der Waals surface area contributed by atoms with Crippen LogP contribution in [0.5, 0.6) is 0 Å². The van der Waals surface area contributed by atoms with Crippen molar-refractivity contribution in [3.8, 4) is 5.69 Å². The minimum absolute atomic E-state index is 0.0411. The fraction of sp³-hybridized carbons (Fsp3) is 0.318. The normalized spacial score (nSPS) is 13.3. The number of aromatic nitrogens is 3. The summed E-state index contributed by atoms with van der Waals surface area (Å²) in [6.45, 7) is 4.53. The Morgan fingerprint density at radius 1 is 0.964 bits per heavy atom. The van der Waals surface area contributed by atoms with Crippen molar-refractivity contribution in [1.29, 1.82) is 0 Å². The highest BCUT2D eigenvalue weighted by Gasteiger charge is 2.21. The van der Waals surface area contributed by atoms with Gasteiger partial charge in [-0.05, 0) is 44.2 Å². The van der Waals surface area contributed by atoms with Gasteiger partial charge in [-0.3, -0.25) is 9.69 Å². The average molecular weight is 377 g/mol. The first-order chi connectivity index (χ1) is 13.5. The molecule has 3 rings (SSSR count). The van der Waals surface area contributed by atoms with Crippen molar-refractivity contribution in [2.45, 2.75) is 25.9 Å². The summed E-state index contributed by atoms with van der Waals surface area (Å²) >= 11 is 0. The number of hydrogen-bond donors (Lipinski definition) is 0. The van der Waals surface area contributed by atoms with Gasteiger partial charge in [0, 0.05) is 13.1 Å². The summed E-state index contributed by atoms with van der Waals surface area (Å²) in [6.07, 6.45) is 3.19. The zero-order valence-electron chi connectivity index (χ0n) is 16.9. The van der Waals surface area contributed by atoms with Gasteiger partial charge in [0.2, 0.25) is 5.91 Å². The van der Waals surface area contributed by atoms with E-state index in [4.69, 9.17) is 0 Å². The Kier molecular flexibility index (Phi) is 6.21. The molecule has 3 aromatic rings. The summed E-state index contributed by atoms with van der Waals surface area (Å²) in [7, 11) is 3.85. The average Bonchev–Trinajstić information content (AvgIpc) is 3.27. The van der Waals surface area contributed by atoms with E-state index in [-0.39, 0.29) is 18.0 Å². The third-order valence-electron chi connectivity index (χ3n) is 5.36. The van der Waals surface area contributed by atoms with Gasteiger partial charge in [0.25, 0.3) is 0 Å². The number of likely N-dealkylation sites (N-methyl/N-ethyl adjacent to an activating group) is 2. The third-order valence-corrected chi connectivity index (χ3v) is 5.36. The molecule has 0 aliphatic heterocycles. The van der Waals surface area contributed by atoms with Gasteiger partial charge in [-0.15, -0.1) is 0 Å². The van der Waals surface area contributed by atoms with E-state index in [0.29, 0.717) is 6.54 Å². The Hall–Kier alpha value is -2.99. The minimum Gasteiger partial charge on any atom is -0.338 e. The maximum Gasteiger partial charge on any atom is 0.237 e. The van der Waals surface area contributed by atoms with Crippen LogP contribution in [-0.2, 0) is 4.79 Å². The SMILES string of the molecule is C[C@H](c1ccccc1)N(C)C(=O)CN(C)[C@@H](C)c1ccc(-n2cncn2)cc1. The summed E-state index contributed by atoms with van der Waals surface area (Å²) in [5.74, 6) is 0.102. The molecule has 28 heavy (non-hydrogen) atoms. The molecule has 146 valence electrons. The van der Waals surface area contributed by atoms with Crippen molar-refractivity contribution in [1.82, 2.24) is 24.6 Å². The molecule has 6 nitrogen and oxygen atoms in total. The lowest BCUT2D eigenvalue weighted by atomic mass is 10.1. The first kappa shape index (κ1) is 19.8. The van der Waals surface area contributed by atoms with Crippen LogP contribution in [0.2, 0.25) is 0 Å². The third kappa shape index (κ3) is 4.46. The van der Waals surface area contributed by atoms with Gasteiger partial charge in [0.05, 0.1) is 18.3 Å². The highest BCUT2D eigenvalue weighted by Crippen LogP contribution is 2.22. The van der Waals surface area contributed by atoms with E-state index < -0.39 is 0 Å². The van der Waals surface area contributed by atoms with E-state index in [1.807, 2.05) is 49.3 Å². The highest BCUT2D eigenvalue weighted by atomic mass is 16.2. The van der Waals surface area contributed by atoms with Gasteiger partial charge in [-0.2, -0.15) is 5.10 Å². The lowest BCUT2D eigenvalue weighted by Gasteiger charge is -2.30. The van der Waals surface area contributed by atoms with E-state index in [0.717, 1.165) is 16.8 Å². The molecule has 6 heteroatoms. The number of rotatable bonds is 7. The predicted octanol–water partition coefficient (Wildman–Crippen LogP) is 3.48. The second-order valence-electron chi connectivity index (χ2n) is 7.11. The van der Waals surface area contributed by atoms with E-state index in [2.05, 4.69) is 53.1 Å². The fourth-order valence-electron chi connectivity index (χ4n) is 3.13. The standard InChI is InChI=1S/C22H27N5O/c1-17(20-10-12-21(13-11-20)27-16-23-15-24-27)25(3)14-22(28)26(4)18(2)19-8-6-5-7-9-19/h5-13,15-18H,14H2,1-4H3/t17-,18+/m0/s1. The lowest BCUT2D eigenvalue weighted by molar-refractivity contribution is -0.133. The van der Waals surface area contributed by atoms with Crippen LogP contribution in [0.4, 0.5) is 0 Å². The summed E-state index contributed by atoms with van der Waals surface area (Å²) in [5.41, 5.74) is 3.25. The molecule has 0 bridgehead atoms. The molecule has 0 aliphatic rings. The molecule has 0 saturated heterocycles. The van der Waals surface area contributed by atoms with Crippen LogP contribution >= 0.6 is 0 Å². The number of carbonyl (C=O) groups is 1. The molecule has 0 saturated carbocycles. The van der Waals surface area contributed by atoms with Crippen molar-refractivity contribution < 1.29 is 4.79 Å². The zero-order chi connectivity index (χ0) is 20.1. The van der Waals surface area contributed by atoms with Crippen LogP contribution in [0.1, 0.15) is 37.1 Å². The number of hydrogen-bond acceptors (Lipinski definition) is 4. The zero-order valence-corrected chi connectivity index (χ0v) is 16.9. The molecule has 1 amide bonds. The predicted molar refractivity (Wildman–Crippen MR) is 110 cm³/mol. The van der Waals surface area contributed by atoms with Crippen LogP contribution in [0.25, 0.3) is 5.69 Å². The van der Waals surface area contributed by atoms with Gasteiger partial charge in [0.15, 0.2) is 0 Å². The van der Waals surface area contributed by atoms with E-state index in [9.17, 15) is 4.79 Å². The minimum atomic E-state index is 0.0411. The Labute approximate surface area is 166 Å². The number of nitrogens with zero attached hydrogens (tertiary/aromatic N) is 5. The highest BCUT2D eigenvalue weighted by molar-refractivity contribution is 5.78. The first-order valence-corrected chi connectivity index (χ1v) is 9.43. The molecule has 1 heterocycles. The summed E-state index contributed by atoms with van der Waals surface area (Å²) in [6, 6.07) is 18.4. The molecule has 0 aliphatic carbocycles. The van der Waals surface area contributed by atoms with E-state index >= 15 is 0 Å². The second kappa shape index (κ2) is 8.80. The van der Waals surface area contributed by atoms with E-state index in [1.165, 1.54) is 6.33 Å². The second-order valence-corrected chi connectivity index (χ2v) is 7.11. The molecule has 0 radical (unpaired) electrons. The van der Waals surface area contributed by atoms with Crippen LogP contribution in [-0.4, -0.2) is 51.1 Å². The smallest absolute Gasteiger partial charge is 0.237 e. The lowest BCUT2D eigenvalue weighted by Crippen LogP contribution is -2.38. The maximum absolute atomic E-state index is 12.8. The monoisotopic (exact) mass is 377 g/mol. The number of benzene rings is 2. The van der Waals surface area contributed by atoms with Gasteiger partial charge in [-0.1, -0.05) is 42.5 Å². The molecule has 0 unspecified atom stereocenters. The topological polar surface area (TPSA) is 54.3 Å². The van der Waals surface area contributed by atoms with Gasteiger partial charge < -0.3 is 4.90 Å². The van der Waals surface area contributed by atoms with Crippen molar-refractivity contribution in [3.63, 3.8) is 0 Å². The molecule has 2 atom stereocenters. The Bertz CT molecular complexity index is 877. The van der Waals surface area contributed by atoms with Crippen molar-refractivity contribution in [2.75, 3.05) is 20.6 Å². The summed E-state index contributed by atoms with van der Waals surface area (Å²) in [4.78, 5) is 20.6. The fourth-order valence-corrected chi connectivity index (χ4v) is 3.13. The van der Waals surface area contributed by atoms with Crippen molar-refractivity contribution >= 4 is 5.91 Å². The molecular weight excluding hydrogens is 350 g/mol. The molecular formula is C22H27N5O. The van der Waals surface area contributed by atoms with Crippen molar-refractivity contribution in [2.24, 2.45) is 0 Å². The number of amides is 1. The van der Waals surface area contributed by atoms with Crippen LogP contribution < -0.4 is 0 Å². The van der Waals surface area contributed by atoms with Gasteiger partial charge >= 0.3 is 0 Å². The Balaban J connectivity index is 1.61. The van der Waals surface area contributed by atoms with Gasteiger partial charge in [0.1, 0.15) is 12.7 Å². The molecule has 0 N–H and O–H groups in total. The van der Waals surface area contributed by atoms with Crippen LogP contribution in [0, 0.1) is 0 Å². The Morgan fingerprint density at radius 2 is 1.61 bits per heavy atom.